The fourth-order valence-electron chi connectivity index (χ4n) is 4.59. The molecule has 0 aromatic heterocycles. The summed E-state index contributed by atoms with van der Waals surface area (Å²) in [5, 5.41) is 0. The van der Waals surface area contributed by atoms with E-state index in [0.29, 0.717) is 56.1 Å². The number of rotatable bonds is 4. The van der Waals surface area contributed by atoms with Gasteiger partial charge in [0.2, 0.25) is 6.79 Å². The Bertz CT molecular complexity index is 1080. The van der Waals surface area contributed by atoms with E-state index < -0.39 is 11.8 Å². The molecule has 2 fully saturated rings. The molecule has 0 radical (unpaired) electrons. The minimum absolute atomic E-state index is 0.0739. The van der Waals surface area contributed by atoms with Crippen molar-refractivity contribution >= 4 is 17.7 Å². The molecule has 2 saturated heterocycles. The van der Waals surface area contributed by atoms with Gasteiger partial charge in [0.25, 0.3) is 5.91 Å². The number of nitrogens with zero attached hydrogens (tertiary/aromatic N) is 3. The van der Waals surface area contributed by atoms with Crippen LogP contribution in [0.5, 0.6) is 11.5 Å². The lowest BCUT2D eigenvalue weighted by Crippen LogP contribution is -2.59. The number of piperazine rings is 1. The number of amides is 3. The number of hydrogen-bond donors (Lipinski definition) is 0. The van der Waals surface area contributed by atoms with Crippen LogP contribution in [0.1, 0.15) is 28.8 Å². The third kappa shape index (κ3) is 4.22. The first-order valence-corrected chi connectivity index (χ1v) is 11.0. The molecule has 0 N–H and O–H groups in total. The summed E-state index contributed by atoms with van der Waals surface area (Å²) in [5.74, 6) is -0.272. The van der Waals surface area contributed by atoms with E-state index >= 15 is 0 Å². The van der Waals surface area contributed by atoms with E-state index in [1.807, 2.05) is 0 Å². The van der Waals surface area contributed by atoms with Crippen LogP contribution >= 0.6 is 0 Å². The van der Waals surface area contributed by atoms with Crippen molar-refractivity contribution in [1.82, 2.24) is 14.7 Å². The molecule has 0 saturated carbocycles. The zero-order valence-electron chi connectivity index (χ0n) is 18.0. The number of halogens is 1. The normalized spacial score (nSPS) is 18.8. The van der Waals surface area contributed by atoms with Gasteiger partial charge in [0.1, 0.15) is 5.82 Å². The fraction of sp³-hybridized carbons (Fsp3) is 0.375. The maximum Gasteiger partial charge on any atom is 0.312 e. The van der Waals surface area contributed by atoms with Crippen molar-refractivity contribution in [2.24, 2.45) is 0 Å². The van der Waals surface area contributed by atoms with Crippen LogP contribution in [0.4, 0.5) is 4.39 Å². The second-order valence-corrected chi connectivity index (χ2v) is 8.44. The van der Waals surface area contributed by atoms with Crippen LogP contribution in [0.15, 0.2) is 42.5 Å². The number of likely N-dealkylation sites (tertiary alicyclic amines) is 1. The lowest BCUT2D eigenvalue weighted by Gasteiger charge is -2.42. The van der Waals surface area contributed by atoms with Crippen molar-refractivity contribution in [3.05, 3.63) is 59.4 Å². The van der Waals surface area contributed by atoms with Gasteiger partial charge in [-0.15, -0.1) is 0 Å². The average molecular weight is 453 g/mol. The third-order valence-electron chi connectivity index (χ3n) is 6.44. The second-order valence-electron chi connectivity index (χ2n) is 8.44. The number of fused-ring (bicyclic) bond motifs is 1. The maximum atomic E-state index is 13.1. The monoisotopic (exact) mass is 453 g/mol. The first kappa shape index (κ1) is 21.2. The van der Waals surface area contributed by atoms with Gasteiger partial charge in [-0.3, -0.25) is 14.4 Å². The third-order valence-corrected chi connectivity index (χ3v) is 6.44. The van der Waals surface area contributed by atoms with Crippen LogP contribution < -0.4 is 9.47 Å². The first-order valence-electron chi connectivity index (χ1n) is 11.0. The molecule has 5 rings (SSSR count). The molecular formula is C24H24FN3O5. The molecule has 0 aliphatic carbocycles. The quantitative estimate of drug-likeness (QED) is 0.662. The molecule has 172 valence electrons. The first-order chi connectivity index (χ1) is 16.0. The van der Waals surface area contributed by atoms with Gasteiger partial charge < -0.3 is 24.2 Å². The minimum atomic E-state index is -0.538. The number of hydrogen-bond acceptors (Lipinski definition) is 5. The average Bonchev–Trinajstić information content (AvgIpc) is 3.31. The SMILES string of the molecule is O=C1C(=O)N(C2CCN(C(=O)c3ccc4c(c3)OCO4)CC2)CCN1Cc1ccc(F)cc1. The molecule has 33 heavy (non-hydrogen) atoms. The summed E-state index contributed by atoms with van der Waals surface area (Å²) in [5.41, 5.74) is 1.32. The van der Waals surface area contributed by atoms with Crippen molar-refractivity contribution in [1.29, 1.82) is 0 Å². The summed E-state index contributed by atoms with van der Waals surface area (Å²) < 4.78 is 23.8. The molecule has 3 heterocycles. The van der Waals surface area contributed by atoms with E-state index in [9.17, 15) is 18.8 Å². The predicted molar refractivity (Wildman–Crippen MR) is 115 cm³/mol. The van der Waals surface area contributed by atoms with Crippen molar-refractivity contribution in [3.63, 3.8) is 0 Å². The topological polar surface area (TPSA) is 79.4 Å². The van der Waals surface area contributed by atoms with Crippen LogP contribution in [0, 0.1) is 5.82 Å². The Labute approximate surface area is 190 Å². The van der Waals surface area contributed by atoms with E-state index in [4.69, 9.17) is 9.47 Å². The smallest absolute Gasteiger partial charge is 0.312 e. The molecule has 0 bridgehead atoms. The number of ether oxygens (including phenoxy) is 2. The molecule has 0 spiro atoms. The number of carbonyl (C=O) groups excluding carboxylic acids is 3. The Hall–Kier alpha value is -3.62. The molecule has 0 unspecified atom stereocenters. The van der Waals surface area contributed by atoms with Gasteiger partial charge in [0, 0.05) is 44.3 Å². The van der Waals surface area contributed by atoms with Crippen LogP contribution in [-0.4, -0.2) is 71.4 Å². The molecule has 8 nitrogen and oxygen atoms in total. The summed E-state index contributed by atoms with van der Waals surface area (Å²) in [6.45, 7) is 2.33. The van der Waals surface area contributed by atoms with Gasteiger partial charge in [-0.25, -0.2) is 4.39 Å². The largest absolute Gasteiger partial charge is 0.454 e. The zero-order chi connectivity index (χ0) is 22.9. The molecule has 0 atom stereocenters. The van der Waals surface area contributed by atoms with Crippen molar-refractivity contribution < 1.29 is 28.2 Å². The van der Waals surface area contributed by atoms with Crippen LogP contribution in [0.2, 0.25) is 0 Å². The molecule has 3 amide bonds. The highest BCUT2D eigenvalue weighted by Gasteiger charge is 2.38. The van der Waals surface area contributed by atoms with Crippen LogP contribution in [-0.2, 0) is 16.1 Å². The summed E-state index contributed by atoms with van der Waals surface area (Å²) in [6.07, 6.45) is 1.24. The summed E-state index contributed by atoms with van der Waals surface area (Å²) >= 11 is 0. The number of carbonyl (C=O) groups is 3. The minimum Gasteiger partial charge on any atom is -0.454 e. The van der Waals surface area contributed by atoms with Gasteiger partial charge in [-0.2, -0.15) is 0 Å². The number of piperidine rings is 1. The summed E-state index contributed by atoms with van der Waals surface area (Å²) in [7, 11) is 0. The van der Waals surface area contributed by atoms with Gasteiger partial charge in [-0.1, -0.05) is 12.1 Å². The highest BCUT2D eigenvalue weighted by atomic mass is 19.1. The standard InChI is InChI=1S/C24H24FN3O5/c25-18-4-1-16(2-5-18)14-27-11-12-28(24(31)23(27)30)19-7-9-26(10-8-19)22(29)17-3-6-20-21(13-17)33-15-32-20/h1-6,13,19H,7-12,14-15H2. The maximum absolute atomic E-state index is 13.1. The molecule has 3 aliphatic rings. The van der Waals surface area contributed by atoms with Crippen molar-refractivity contribution in [3.8, 4) is 11.5 Å². The second kappa shape index (κ2) is 8.73. The van der Waals surface area contributed by atoms with E-state index in [1.54, 1.807) is 40.1 Å². The molecule has 9 heteroatoms. The fourth-order valence-corrected chi connectivity index (χ4v) is 4.59. The highest BCUT2D eigenvalue weighted by molar-refractivity contribution is 6.35. The summed E-state index contributed by atoms with van der Waals surface area (Å²) in [4.78, 5) is 43.3. The Morgan fingerprint density at radius 3 is 2.39 bits per heavy atom. The molecule has 3 aliphatic heterocycles. The zero-order valence-corrected chi connectivity index (χ0v) is 18.0. The summed E-state index contributed by atoms with van der Waals surface area (Å²) in [6, 6.07) is 11.0. The van der Waals surface area contributed by atoms with Crippen LogP contribution in [0.25, 0.3) is 0 Å². The Balaban J connectivity index is 1.16. The Morgan fingerprint density at radius 2 is 1.64 bits per heavy atom. The lowest BCUT2D eigenvalue weighted by atomic mass is 10.0. The Kier molecular flexibility index (Phi) is 5.62. The van der Waals surface area contributed by atoms with Gasteiger partial charge in [0.15, 0.2) is 11.5 Å². The van der Waals surface area contributed by atoms with Gasteiger partial charge in [-0.05, 0) is 48.7 Å². The van der Waals surface area contributed by atoms with E-state index in [0.717, 1.165) is 5.56 Å². The van der Waals surface area contributed by atoms with Crippen LogP contribution in [0.3, 0.4) is 0 Å². The van der Waals surface area contributed by atoms with Gasteiger partial charge >= 0.3 is 11.8 Å². The Morgan fingerprint density at radius 1 is 0.909 bits per heavy atom. The lowest BCUT2D eigenvalue weighted by molar-refractivity contribution is -0.158. The van der Waals surface area contributed by atoms with Crippen molar-refractivity contribution in [2.45, 2.75) is 25.4 Å². The van der Waals surface area contributed by atoms with E-state index in [1.165, 1.54) is 17.0 Å². The van der Waals surface area contributed by atoms with Crippen molar-refractivity contribution in [2.75, 3.05) is 33.0 Å². The molecule has 2 aromatic rings. The predicted octanol–water partition coefficient (Wildman–Crippen LogP) is 2.03. The molecular weight excluding hydrogens is 429 g/mol. The van der Waals surface area contributed by atoms with Gasteiger partial charge in [0.05, 0.1) is 0 Å². The van der Waals surface area contributed by atoms with E-state index in [2.05, 4.69) is 0 Å². The number of benzene rings is 2. The highest BCUT2D eigenvalue weighted by Crippen LogP contribution is 2.33. The van der Waals surface area contributed by atoms with E-state index in [-0.39, 0.29) is 31.1 Å². The molecule has 2 aromatic carbocycles.